The number of piperidine rings is 1. The number of nitrogens with zero attached hydrogens (tertiary/aromatic N) is 2. The fourth-order valence-corrected chi connectivity index (χ4v) is 5.00. The summed E-state index contributed by atoms with van der Waals surface area (Å²) in [5, 5.41) is 12.7. The van der Waals surface area contributed by atoms with Crippen molar-refractivity contribution in [3.05, 3.63) is 96.1 Å². The summed E-state index contributed by atoms with van der Waals surface area (Å²) in [6, 6.07) is 28.5. The maximum absolute atomic E-state index is 13.1. The molecule has 7 nitrogen and oxygen atoms in total. The third-order valence-corrected chi connectivity index (χ3v) is 7.38. The van der Waals surface area contributed by atoms with E-state index >= 15 is 0 Å². The summed E-state index contributed by atoms with van der Waals surface area (Å²) in [5.41, 5.74) is 5.23. The van der Waals surface area contributed by atoms with Crippen molar-refractivity contribution < 1.29 is 19.0 Å². The van der Waals surface area contributed by atoms with Gasteiger partial charge in [0.2, 0.25) is 0 Å². The SMILES string of the molecule is COc1cccc(-c2cc(C(=O)Nc3ccc(-c4ccc(OC5CCN(C)CC5)c(C#N)c4)cc3)ccc2OC)c1. The van der Waals surface area contributed by atoms with Gasteiger partial charge in [-0.1, -0.05) is 30.3 Å². The van der Waals surface area contributed by atoms with Crippen molar-refractivity contribution in [2.75, 3.05) is 39.7 Å². The molecule has 1 aliphatic rings. The van der Waals surface area contributed by atoms with Crippen LogP contribution >= 0.6 is 0 Å². The van der Waals surface area contributed by atoms with Gasteiger partial charge in [-0.3, -0.25) is 4.79 Å². The number of benzene rings is 4. The van der Waals surface area contributed by atoms with Crippen LogP contribution in [0, 0.1) is 11.3 Å². The van der Waals surface area contributed by atoms with Crippen molar-refractivity contribution in [2.45, 2.75) is 18.9 Å². The maximum Gasteiger partial charge on any atom is 0.255 e. The number of rotatable bonds is 8. The molecule has 7 heteroatoms. The first-order valence-corrected chi connectivity index (χ1v) is 13.6. The number of amides is 1. The highest BCUT2D eigenvalue weighted by atomic mass is 16.5. The van der Waals surface area contributed by atoms with E-state index in [1.165, 1.54) is 0 Å². The average Bonchev–Trinajstić information content (AvgIpc) is 3.02. The fourth-order valence-electron chi connectivity index (χ4n) is 5.00. The number of hydrogen-bond donors (Lipinski definition) is 1. The second kappa shape index (κ2) is 12.6. The first-order chi connectivity index (χ1) is 20.0. The summed E-state index contributed by atoms with van der Waals surface area (Å²) in [6.45, 7) is 1.99. The number of carbonyl (C=O) groups is 1. The first-order valence-electron chi connectivity index (χ1n) is 13.6. The van der Waals surface area contributed by atoms with E-state index in [-0.39, 0.29) is 12.0 Å². The Morgan fingerprint density at radius 1 is 0.854 bits per heavy atom. The van der Waals surface area contributed by atoms with E-state index in [0.717, 1.165) is 53.9 Å². The van der Waals surface area contributed by atoms with Gasteiger partial charge >= 0.3 is 0 Å². The van der Waals surface area contributed by atoms with Crippen LogP contribution in [0.2, 0.25) is 0 Å². The lowest BCUT2D eigenvalue weighted by Gasteiger charge is -2.29. The van der Waals surface area contributed by atoms with Crippen molar-refractivity contribution in [1.82, 2.24) is 4.90 Å². The Bertz CT molecular complexity index is 1570. The standard InChI is InChI=1S/C34H33N3O4/c1-37-17-15-29(16-18-37)41-32-13-9-24(19-27(32)22-35)23-7-11-28(12-8-23)36-34(38)26-10-14-33(40-3)31(21-26)25-5-4-6-30(20-25)39-2/h4-14,19-21,29H,15-18H2,1-3H3,(H,36,38). The molecule has 208 valence electrons. The maximum atomic E-state index is 13.1. The largest absolute Gasteiger partial charge is 0.497 e. The quantitative estimate of drug-likeness (QED) is 0.266. The molecule has 1 aliphatic heterocycles. The van der Waals surface area contributed by atoms with E-state index in [1.54, 1.807) is 26.4 Å². The van der Waals surface area contributed by atoms with E-state index in [0.29, 0.717) is 28.3 Å². The number of carbonyl (C=O) groups excluding carboxylic acids is 1. The second-order valence-corrected chi connectivity index (χ2v) is 10.1. The number of likely N-dealkylation sites (tertiary alicyclic amines) is 1. The van der Waals surface area contributed by atoms with Gasteiger partial charge in [0.05, 0.1) is 19.8 Å². The predicted molar refractivity (Wildman–Crippen MR) is 161 cm³/mol. The molecule has 0 unspecified atom stereocenters. The van der Waals surface area contributed by atoms with Crippen molar-refractivity contribution in [1.29, 1.82) is 5.26 Å². The molecule has 4 aromatic rings. The van der Waals surface area contributed by atoms with Gasteiger partial charge in [-0.05, 0) is 91.2 Å². The molecule has 0 bridgehead atoms. The zero-order chi connectivity index (χ0) is 28.8. The zero-order valence-corrected chi connectivity index (χ0v) is 23.5. The summed E-state index contributed by atoms with van der Waals surface area (Å²) in [5.74, 6) is 1.79. The predicted octanol–water partition coefficient (Wildman–Crippen LogP) is 6.63. The van der Waals surface area contributed by atoms with Crippen LogP contribution in [0.15, 0.2) is 84.9 Å². The lowest BCUT2D eigenvalue weighted by molar-refractivity contribution is 0.102. The molecule has 41 heavy (non-hydrogen) atoms. The molecule has 1 saturated heterocycles. The van der Waals surface area contributed by atoms with Crippen LogP contribution in [0.5, 0.6) is 17.2 Å². The number of ether oxygens (including phenoxy) is 3. The van der Waals surface area contributed by atoms with Crippen LogP contribution in [0.1, 0.15) is 28.8 Å². The monoisotopic (exact) mass is 547 g/mol. The van der Waals surface area contributed by atoms with E-state index in [1.807, 2.05) is 72.8 Å². The number of nitriles is 1. The van der Waals surface area contributed by atoms with Crippen molar-refractivity contribution in [3.63, 3.8) is 0 Å². The highest BCUT2D eigenvalue weighted by molar-refractivity contribution is 6.05. The number of methoxy groups -OCH3 is 2. The normalized spacial score (nSPS) is 13.7. The molecule has 5 rings (SSSR count). The van der Waals surface area contributed by atoms with Crippen LogP contribution in [-0.4, -0.2) is 51.3 Å². The Morgan fingerprint density at radius 3 is 2.29 bits per heavy atom. The van der Waals surface area contributed by atoms with Crippen molar-refractivity contribution in [2.24, 2.45) is 0 Å². The number of anilines is 1. The Balaban J connectivity index is 1.29. The minimum absolute atomic E-state index is 0.129. The lowest BCUT2D eigenvalue weighted by Crippen LogP contribution is -2.35. The molecule has 0 atom stereocenters. The molecule has 1 heterocycles. The van der Waals surface area contributed by atoms with Gasteiger partial charge in [-0.25, -0.2) is 0 Å². The molecule has 1 N–H and O–H groups in total. The summed E-state index contributed by atoms with van der Waals surface area (Å²) in [7, 11) is 5.34. The van der Waals surface area contributed by atoms with Gasteiger partial charge in [-0.2, -0.15) is 5.26 Å². The van der Waals surface area contributed by atoms with Crippen LogP contribution in [0.3, 0.4) is 0 Å². The molecule has 1 amide bonds. The highest BCUT2D eigenvalue weighted by Gasteiger charge is 2.19. The molecule has 1 fully saturated rings. The van der Waals surface area contributed by atoms with Gasteiger partial charge < -0.3 is 24.4 Å². The third kappa shape index (κ3) is 6.51. The second-order valence-electron chi connectivity index (χ2n) is 10.1. The minimum atomic E-state index is -0.230. The van der Waals surface area contributed by atoms with Gasteiger partial charge in [0.25, 0.3) is 5.91 Å². The van der Waals surface area contributed by atoms with Gasteiger partial charge in [0.15, 0.2) is 0 Å². The van der Waals surface area contributed by atoms with E-state index in [2.05, 4.69) is 23.3 Å². The van der Waals surface area contributed by atoms with Crippen LogP contribution in [-0.2, 0) is 0 Å². The summed E-state index contributed by atoms with van der Waals surface area (Å²) < 4.78 is 17.1. The van der Waals surface area contributed by atoms with Crippen LogP contribution in [0.25, 0.3) is 22.3 Å². The van der Waals surface area contributed by atoms with E-state index < -0.39 is 0 Å². The molecular formula is C34H33N3O4. The molecule has 0 saturated carbocycles. The molecule has 0 spiro atoms. The van der Waals surface area contributed by atoms with E-state index in [9.17, 15) is 10.1 Å². The van der Waals surface area contributed by atoms with Crippen molar-refractivity contribution >= 4 is 11.6 Å². The highest BCUT2D eigenvalue weighted by Crippen LogP contribution is 2.33. The van der Waals surface area contributed by atoms with Crippen LogP contribution in [0.4, 0.5) is 5.69 Å². The van der Waals surface area contributed by atoms with Crippen LogP contribution < -0.4 is 19.5 Å². The Hall–Kier alpha value is -4.80. The summed E-state index contributed by atoms with van der Waals surface area (Å²) in [6.07, 6.45) is 2.04. The molecule has 0 radical (unpaired) electrons. The third-order valence-electron chi connectivity index (χ3n) is 7.38. The first kappa shape index (κ1) is 27.8. The summed E-state index contributed by atoms with van der Waals surface area (Å²) in [4.78, 5) is 15.4. The Kier molecular flexibility index (Phi) is 8.52. The summed E-state index contributed by atoms with van der Waals surface area (Å²) >= 11 is 0. The number of nitrogens with one attached hydrogen (secondary N) is 1. The molecular weight excluding hydrogens is 514 g/mol. The zero-order valence-electron chi connectivity index (χ0n) is 23.5. The minimum Gasteiger partial charge on any atom is -0.497 e. The molecule has 4 aromatic carbocycles. The fraction of sp³-hybridized carbons (Fsp3) is 0.235. The lowest BCUT2D eigenvalue weighted by atomic mass is 10.0. The average molecular weight is 548 g/mol. The Morgan fingerprint density at radius 2 is 1.59 bits per heavy atom. The van der Waals surface area contributed by atoms with Gasteiger partial charge in [-0.15, -0.1) is 0 Å². The van der Waals surface area contributed by atoms with Gasteiger partial charge in [0.1, 0.15) is 29.4 Å². The van der Waals surface area contributed by atoms with E-state index in [4.69, 9.17) is 14.2 Å². The molecule has 0 aromatic heterocycles. The van der Waals surface area contributed by atoms with Crippen molar-refractivity contribution in [3.8, 4) is 45.6 Å². The van der Waals surface area contributed by atoms with Gasteiger partial charge in [0, 0.05) is 29.9 Å². The smallest absolute Gasteiger partial charge is 0.255 e. The number of hydrogen-bond acceptors (Lipinski definition) is 6. The molecule has 0 aliphatic carbocycles. The Labute approximate surface area is 240 Å². The topological polar surface area (TPSA) is 83.8 Å².